The SMILES string of the molecule is CC1CC(OC(=O)C2Cc3ccccc3N2)CC(C)(C)C1. The molecule has 2 aliphatic rings. The summed E-state index contributed by atoms with van der Waals surface area (Å²) in [6.45, 7) is 6.80. The number of benzene rings is 1. The average molecular weight is 287 g/mol. The van der Waals surface area contributed by atoms with Gasteiger partial charge in [0.05, 0.1) is 0 Å². The van der Waals surface area contributed by atoms with E-state index < -0.39 is 0 Å². The number of carbonyl (C=O) groups is 1. The largest absolute Gasteiger partial charge is 0.461 e. The fraction of sp³-hybridized carbons (Fsp3) is 0.611. The van der Waals surface area contributed by atoms with Crippen LogP contribution in [-0.2, 0) is 16.0 Å². The van der Waals surface area contributed by atoms with Crippen LogP contribution in [0, 0.1) is 11.3 Å². The maximum atomic E-state index is 12.4. The summed E-state index contributed by atoms with van der Waals surface area (Å²) < 4.78 is 5.81. The van der Waals surface area contributed by atoms with Crippen LogP contribution >= 0.6 is 0 Å². The molecule has 1 fully saturated rings. The van der Waals surface area contributed by atoms with Crippen molar-refractivity contribution in [2.24, 2.45) is 11.3 Å². The standard InChI is InChI=1S/C18H25NO2/c1-12-8-14(11-18(2,3)10-12)21-17(20)16-9-13-6-4-5-7-15(13)19-16/h4-7,12,14,16,19H,8-11H2,1-3H3. The Balaban J connectivity index is 1.60. The molecular formula is C18H25NO2. The Morgan fingerprint density at radius 2 is 2.05 bits per heavy atom. The summed E-state index contributed by atoms with van der Waals surface area (Å²) in [7, 11) is 0. The van der Waals surface area contributed by atoms with Gasteiger partial charge in [-0.15, -0.1) is 0 Å². The van der Waals surface area contributed by atoms with E-state index in [0.29, 0.717) is 5.92 Å². The van der Waals surface area contributed by atoms with E-state index in [1.165, 1.54) is 12.0 Å². The summed E-state index contributed by atoms with van der Waals surface area (Å²) in [6.07, 6.45) is 3.99. The Labute approximate surface area is 127 Å². The van der Waals surface area contributed by atoms with Crippen molar-refractivity contribution in [3.8, 4) is 0 Å². The van der Waals surface area contributed by atoms with Gasteiger partial charge in [-0.25, -0.2) is 4.79 Å². The number of rotatable bonds is 2. The number of ether oxygens (including phenoxy) is 1. The van der Waals surface area contributed by atoms with E-state index in [1.54, 1.807) is 0 Å². The summed E-state index contributed by atoms with van der Waals surface area (Å²) >= 11 is 0. The minimum Gasteiger partial charge on any atom is -0.461 e. The summed E-state index contributed by atoms with van der Waals surface area (Å²) in [5.41, 5.74) is 2.54. The zero-order valence-electron chi connectivity index (χ0n) is 13.2. The second kappa shape index (κ2) is 5.36. The Bertz CT molecular complexity index is 513. The van der Waals surface area contributed by atoms with Gasteiger partial charge in [0.25, 0.3) is 0 Å². The Kier molecular flexibility index (Phi) is 3.68. The van der Waals surface area contributed by atoms with Crippen molar-refractivity contribution >= 4 is 11.7 Å². The lowest BCUT2D eigenvalue weighted by atomic mass is 9.71. The number of anilines is 1. The second-order valence-corrected chi connectivity index (χ2v) is 7.53. The molecule has 0 saturated heterocycles. The summed E-state index contributed by atoms with van der Waals surface area (Å²) in [5, 5.41) is 3.28. The first kappa shape index (κ1) is 14.4. The molecule has 21 heavy (non-hydrogen) atoms. The van der Waals surface area contributed by atoms with Gasteiger partial charge in [0, 0.05) is 12.1 Å². The van der Waals surface area contributed by atoms with Gasteiger partial charge in [-0.2, -0.15) is 0 Å². The lowest BCUT2D eigenvalue weighted by Gasteiger charge is -2.38. The van der Waals surface area contributed by atoms with Gasteiger partial charge in [-0.05, 0) is 42.2 Å². The summed E-state index contributed by atoms with van der Waals surface area (Å²) in [6, 6.07) is 7.88. The molecule has 1 aromatic carbocycles. The van der Waals surface area contributed by atoms with Crippen LogP contribution in [0.15, 0.2) is 24.3 Å². The maximum Gasteiger partial charge on any atom is 0.329 e. The summed E-state index contributed by atoms with van der Waals surface area (Å²) in [4.78, 5) is 12.4. The first-order valence-corrected chi connectivity index (χ1v) is 7.98. The Hall–Kier alpha value is -1.51. The molecule has 1 aliphatic heterocycles. The lowest BCUT2D eigenvalue weighted by molar-refractivity contribution is -0.154. The highest BCUT2D eigenvalue weighted by atomic mass is 16.5. The van der Waals surface area contributed by atoms with Crippen LogP contribution in [0.3, 0.4) is 0 Å². The molecule has 0 aromatic heterocycles. The molecule has 0 spiro atoms. The maximum absolute atomic E-state index is 12.4. The van der Waals surface area contributed by atoms with Crippen molar-refractivity contribution in [3.63, 3.8) is 0 Å². The van der Waals surface area contributed by atoms with Crippen LogP contribution in [0.4, 0.5) is 5.69 Å². The molecule has 3 atom stereocenters. The van der Waals surface area contributed by atoms with Crippen molar-refractivity contribution in [2.45, 2.75) is 58.6 Å². The minimum atomic E-state index is -0.220. The monoisotopic (exact) mass is 287 g/mol. The van der Waals surface area contributed by atoms with E-state index in [4.69, 9.17) is 4.74 Å². The molecule has 3 unspecified atom stereocenters. The number of hydrogen-bond donors (Lipinski definition) is 1. The Morgan fingerprint density at radius 1 is 1.29 bits per heavy atom. The fourth-order valence-corrected chi connectivity index (χ4v) is 4.03. The molecular weight excluding hydrogens is 262 g/mol. The van der Waals surface area contributed by atoms with E-state index in [2.05, 4.69) is 32.2 Å². The normalized spacial score (nSPS) is 30.3. The third-order valence-electron chi connectivity index (χ3n) is 4.69. The van der Waals surface area contributed by atoms with Gasteiger partial charge in [0.1, 0.15) is 12.1 Å². The van der Waals surface area contributed by atoms with Gasteiger partial charge in [0.2, 0.25) is 0 Å². The summed E-state index contributed by atoms with van der Waals surface area (Å²) in [5.74, 6) is 0.529. The average Bonchev–Trinajstić information content (AvgIpc) is 2.79. The lowest BCUT2D eigenvalue weighted by Crippen LogP contribution is -2.38. The van der Waals surface area contributed by atoms with Gasteiger partial charge < -0.3 is 10.1 Å². The molecule has 1 aliphatic carbocycles. The van der Waals surface area contributed by atoms with E-state index >= 15 is 0 Å². The molecule has 0 amide bonds. The Morgan fingerprint density at radius 3 is 2.76 bits per heavy atom. The highest BCUT2D eigenvalue weighted by Gasteiger charge is 2.36. The molecule has 0 bridgehead atoms. The molecule has 1 heterocycles. The number of fused-ring (bicyclic) bond motifs is 1. The van der Waals surface area contributed by atoms with Gasteiger partial charge in [-0.1, -0.05) is 39.0 Å². The fourth-order valence-electron chi connectivity index (χ4n) is 4.03. The van der Waals surface area contributed by atoms with Crippen LogP contribution in [0.1, 0.15) is 45.6 Å². The third kappa shape index (κ3) is 3.22. The van der Waals surface area contributed by atoms with Crippen molar-refractivity contribution in [1.82, 2.24) is 0 Å². The molecule has 3 heteroatoms. The van der Waals surface area contributed by atoms with E-state index in [0.717, 1.165) is 24.9 Å². The molecule has 1 N–H and O–H groups in total. The molecule has 0 radical (unpaired) electrons. The third-order valence-corrected chi connectivity index (χ3v) is 4.69. The van der Waals surface area contributed by atoms with E-state index in [-0.39, 0.29) is 23.5 Å². The zero-order chi connectivity index (χ0) is 15.0. The van der Waals surface area contributed by atoms with E-state index in [1.807, 2.05) is 18.2 Å². The van der Waals surface area contributed by atoms with Crippen molar-refractivity contribution < 1.29 is 9.53 Å². The topological polar surface area (TPSA) is 38.3 Å². The van der Waals surface area contributed by atoms with Crippen LogP contribution in [-0.4, -0.2) is 18.1 Å². The predicted octanol–water partition coefficient (Wildman–Crippen LogP) is 3.78. The smallest absolute Gasteiger partial charge is 0.329 e. The number of esters is 1. The molecule has 1 saturated carbocycles. The van der Waals surface area contributed by atoms with Crippen LogP contribution in [0.5, 0.6) is 0 Å². The molecule has 114 valence electrons. The van der Waals surface area contributed by atoms with Gasteiger partial charge in [0.15, 0.2) is 0 Å². The quantitative estimate of drug-likeness (QED) is 0.841. The first-order chi connectivity index (χ1) is 9.93. The molecule has 3 nitrogen and oxygen atoms in total. The zero-order valence-corrected chi connectivity index (χ0v) is 13.2. The van der Waals surface area contributed by atoms with Crippen LogP contribution in [0.25, 0.3) is 0 Å². The predicted molar refractivity (Wildman–Crippen MR) is 84.2 cm³/mol. The number of hydrogen-bond acceptors (Lipinski definition) is 3. The van der Waals surface area contributed by atoms with Crippen LogP contribution in [0.2, 0.25) is 0 Å². The van der Waals surface area contributed by atoms with E-state index in [9.17, 15) is 4.79 Å². The number of para-hydroxylation sites is 1. The highest BCUT2D eigenvalue weighted by Crippen LogP contribution is 2.40. The highest BCUT2D eigenvalue weighted by molar-refractivity contribution is 5.83. The van der Waals surface area contributed by atoms with Crippen LogP contribution < -0.4 is 5.32 Å². The minimum absolute atomic E-state index is 0.0711. The first-order valence-electron chi connectivity index (χ1n) is 7.98. The van der Waals surface area contributed by atoms with Gasteiger partial charge >= 0.3 is 5.97 Å². The molecule has 1 aromatic rings. The van der Waals surface area contributed by atoms with Gasteiger partial charge in [-0.3, -0.25) is 0 Å². The number of nitrogens with one attached hydrogen (secondary N) is 1. The second-order valence-electron chi connectivity index (χ2n) is 7.53. The van der Waals surface area contributed by atoms with Crippen molar-refractivity contribution in [2.75, 3.05) is 5.32 Å². The molecule has 3 rings (SSSR count). The number of carbonyl (C=O) groups excluding carboxylic acids is 1. The van der Waals surface area contributed by atoms with Crippen molar-refractivity contribution in [1.29, 1.82) is 0 Å². The van der Waals surface area contributed by atoms with Crippen molar-refractivity contribution in [3.05, 3.63) is 29.8 Å².